The standard InChI is InChI=1S/C7H11NO2Se/c1-4(9)5-6(10)8-2-3-11-7(5)8/h4-5,7,9H,2-3H2,1H3/t4-,5+,7-/m1/s1. The molecular formula is C7H11NO2Se. The molecule has 2 aliphatic heterocycles. The summed E-state index contributed by atoms with van der Waals surface area (Å²) in [6.45, 7) is 2.65. The van der Waals surface area contributed by atoms with Gasteiger partial charge in [0.15, 0.2) is 0 Å². The second-order valence-electron chi connectivity index (χ2n) is 3.06. The fourth-order valence-electron chi connectivity index (χ4n) is 1.70. The van der Waals surface area contributed by atoms with Crippen LogP contribution < -0.4 is 0 Å². The Morgan fingerprint density at radius 2 is 2.55 bits per heavy atom. The summed E-state index contributed by atoms with van der Waals surface area (Å²) in [6.07, 6.45) is -0.441. The minimum absolute atomic E-state index is 0.0579. The van der Waals surface area contributed by atoms with Crippen LogP contribution in [-0.4, -0.2) is 48.5 Å². The molecule has 0 bridgehead atoms. The molecule has 3 nitrogen and oxygen atoms in total. The molecule has 2 saturated heterocycles. The quantitative estimate of drug-likeness (QED) is 0.468. The van der Waals surface area contributed by atoms with Crippen molar-refractivity contribution in [1.29, 1.82) is 0 Å². The molecule has 0 aromatic heterocycles. The van der Waals surface area contributed by atoms with Gasteiger partial charge < -0.3 is 0 Å². The van der Waals surface area contributed by atoms with E-state index >= 15 is 0 Å². The van der Waals surface area contributed by atoms with Crippen molar-refractivity contribution in [3.63, 3.8) is 0 Å². The fraction of sp³-hybridized carbons (Fsp3) is 0.857. The third-order valence-electron chi connectivity index (χ3n) is 2.32. The fourth-order valence-corrected chi connectivity index (χ4v) is 4.81. The Labute approximate surface area is 71.9 Å². The van der Waals surface area contributed by atoms with Gasteiger partial charge in [0.25, 0.3) is 0 Å². The van der Waals surface area contributed by atoms with Crippen LogP contribution in [0.15, 0.2) is 0 Å². The Morgan fingerprint density at radius 1 is 1.82 bits per heavy atom. The Morgan fingerprint density at radius 3 is 3.18 bits per heavy atom. The number of hydrogen-bond acceptors (Lipinski definition) is 2. The predicted molar refractivity (Wildman–Crippen MR) is 41.2 cm³/mol. The van der Waals surface area contributed by atoms with Crippen LogP contribution in [0.4, 0.5) is 0 Å². The Hall–Kier alpha value is -0.0505. The molecule has 0 aromatic rings. The Bertz CT molecular complexity index is 195. The number of rotatable bonds is 1. The summed E-state index contributed by atoms with van der Waals surface area (Å²) in [6, 6.07) is 0. The van der Waals surface area contributed by atoms with E-state index in [1.807, 2.05) is 4.90 Å². The zero-order valence-corrected chi connectivity index (χ0v) is 8.07. The van der Waals surface area contributed by atoms with Crippen molar-refractivity contribution in [3.05, 3.63) is 0 Å². The number of aliphatic hydroxyl groups excluding tert-OH is 1. The molecule has 3 atom stereocenters. The van der Waals surface area contributed by atoms with Crippen LogP contribution in [0.25, 0.3) is 0 Å². The number of nitrogens with zero attached hydrogens (tertiary/aromatic N) is 1. The molecule has 1 amide bonds. The third-order valence-corrected chi connectivity index (χ3v) is 5.07. The van der Waals surface area contributed by atoms with E-state index in [2.05, 4.69) is 0 Å². The molecule has 0 aliphatic carbocycles. The summed E-state index contributed by atoms with van der Waals surface area (Å²) < 4.78 is 0. The van der Waals surface area contributed by atoms with Crippen LogP contribution in [0.1, 0.15) is 6.92 Å². The second-order valence-corrected chi connectivity index (χ2v) is 5.63. The first-order valence-electron chi connectivity index (χ1n) is 3.82. The van der Waals surface area contributed by atoms with E-state index in [1.165, 1.54) is 5.32 Å². The molecule has 0 spiro atoms. The van der Waals surface area contributed by atoms with Crippen molar-refractivity contribution in [2.45, 2.75) is 23.3 Å². The van der Waals surface area contributed by atoms with Crippen LogP contribution in [0.3, 0.4) is 0 Å². The molecular weight excluding hydrogens is 209 g/mol. The molecule has 11 heavy (non-hydrogen) atoms. The molecule has 2 heterocycles. The summed E-state index contributed by atoms with van der Waals surface area (Å²) in [4.78, 5) is 13.6. The molecule has 0 radical (unpaired) electrons. The van der Waals surface area contributed by atoms with Crippen molar-refractivity contribution in [2.24, 2.45) is 5.92 Å². The summed E-state index contributed by atoms with van der Waals surface area (Å²) >= 11 is 0.565. The normalized spacial score (nSPS) is 38.4. The minimum atomic E-state index is -0.441. The maximum absolute atomic E-state index is 11.3. The van der Waals surface area contributed by atoms with E-state index in [-0.39, 0.29) is 11.8 Å². The van der Waals surface area contributed by atoms with Crippen molar-refractivity contribution >= 4 is 20.9 Å². The molecule has 62 valence electrons. The molecule has 2 aliphatic rings. The number of hydrogen-bond donors (Lipinski definition) is 1. The van der Waals surface area contributed by atoms with E-state index in [0.717, 1.165) is 6.54 Å². The van der Waals surface area contributed by atoms with Crippen LogP contribution in [0.2, 0.25) is 5.32 Å². The van der Waals surface area contributed by atoms with Crippen molar-refractivity contribution < 1.29 is 9.90 Å². The van der Waals surface area contributed by atoms with E-state index in [1.54, 1.807) is 6.92 Å². The number of fused-ring (bicyclic) bond motifs is 1. The van der Waals surface area contributed by atoms with Gasteiger partial charge in [0.05, 0.1) is 0 Å². The predicted octanol–water partition coefficient (Wildman–Crippen LogP) is -0.712. The van der Waals surface area contributed by atoms with Crippen molar-refractivity contribution in [2.75, 3.05) is 6.54 Å². The van der Waals surface area contributed by atoms with Gasteiger partial charge in [-0.2, -0.15) is 0 Å². The van der Waals surface area contributed by atoms with E-state index in [4.69, 9.17) is 0 Å². The van der Waals surface area contributed by atoms with Crippen molar-refractivity contribution in [1.82, 2.24) is 4.90 Å². The van der Waals surface area contributed by atoms with Gasteiger partial charge in [-0.3, -0.25) is 0 Å². The molecule has 2 fully saturated rings. The number of aliphatic hydroxyl groups is 1. The SMILES string of the molecule is C[C@@H](O)[C@H]1C(=O)N2CC[Se][C@H]12. The summed E-state index contributed by atoms with van der Waals surface area (Å²) in [7, 11) is 0. The van der Waals surface area contributed by atoms with Gasteiger partial charge in [0.2, 0.25) is 0 Å². The van der Waals surface area contributed by atoms with Gasteiger partial charge in [-0.1, -0.05) is 0 Å². The molecule has 2 rings (SSSR count). The van der Waals surface area contributed by atoms with E-state index < -0.39 is 6.10 Å². The van der Waals surface area contributed by atoms with Gasteiger partial charge in [0, 0.05) is 0 Å². The van der Waals surface area contributed by atoms with Crippen LogP contribution >= 0.6 is 0 Å². The molecule has 1 N–H and O–H groups in total. The topological polar surface area (TPSA) is 40.5 Å². The van der Waals surface area contributed by atoms with Gasteiger partial charge in [-0.25, -0.2) is 0 Å². The number of β-lactam (4-membered cyclic amide) rings is 1. The molecule has 0 aromatic carbocycles. The van der Waals surface area contributed by atoms with E-state index in [0.29, 0.717) is 19.9 Å². The molecule has 4 heteroatoms. The molecule has 0 saturated carbocycles. The Kier molecular flexibility index (Phi) is 1.71. The first-order chi connectivity index (χ1) is 5.22. The summed E-state index contributed by atoms with van der Waals surface area (Å²) in [5.74, 6) is 0.113. The van der Waals surface area contributed by atoms with Gasteiger partial charge >= 0.3 is 71.4 Å². The third kappa shape index (κ3) is 0.934. The first-order valence-corrected chi connectivity index (χ1v) is 6.02. The molecule has 0 unspecified atom stereocenters. The number of carbonyl (C=O) groups excluding carboxylic acids is 1. The Balaban J connectivity index is 2.09. The average molecular weight is 220 g/mol. The maximum atomic E-state index is 11.3. The van der Waals surface area contributed by atoms with Gasteiger partial charge in [0.1, 0.15) is 0 Å². The number of carbonyl (C=O) groups is 1. The average Bonchev–Trinajstić information content (AvgIpc) is 2.30. The monoisotopic (exact) mass is 221 g/mol. The first kappa shape index (κ1) is 7.59. The van der Waals surface area contributed by atoms with Crippen LogP contribution in [0, 0.1) is 5.92 Å². The summed E-state index contributed by atoms with van der Waals surface area (Å²) in [5.41, 5.74) is 0. The second kappa shape index (κ2) is 2.47. The zero-order chi connectivity index (χ0) is 8.01. The van der Waals surface area contributed by atoms with Gasteiger partial charge in [-0.05, 0) is 0 Å². The number of amides is 1. The zero-order valence-electron chi connectivity index (χ0n) is 6.36. The van der Waals surface area contributed by atoms with E-state index in [9.17, 15) is 9.90 Å². The summed E-state index contributed by atoms with van der Waals surface area (Å²) in [5, 5.41) is 10.4. The van der Waals surface area contributed by atoms with Crippen LogP contribution in [-0.2, 0) is 4.79 Å². The van der Waals surface area contributed by atoms with Crippen molar-refractivity contribution in [3.8, 4) is 0 Å². The van der Waals surface area contributed by atoms with Gasteiger partial charge in [-0.15, -0.1) is 0 Å². The van der Waals surface area contributed by atoms with Crippen LogP contribution in [0.5, 0.6) is 0 Å².